The summed E-state index contributed by atoms with van der Waals surface area (Å²) in [7, 11) is 0. The molecule has 10 heteroatoms. The lowest BCUT2D eigenvalue weighted by Gasteiger charge is -2.09. The quantitative estimate of drug-likeness (QED) is 0.504. The molecule has 10 nitrogen and oxygen atoms in total. The zero-order valence-corrected chi connectivity index (χ0v) is 14.8. The number of nitro benzene ring substituents is 2. The van der Waals surface area contributed by atoms with Crippen LogP contribution in [0.5, 0.6) is 0 Å². The van der Waals surface area contributed by atoms with Gasteiger partial charge in [-0.25, -0.2) is 0 Å². The molecule has 0 unspecified atom stereocenters. The molecule has 0 radical (unpaired) electrons. The van der Waals surface area contributed by atoms with Crippen LogP contribution in [0, 0.1) is 20.2 Å². The van der Waals surface area contributed by atoms with Crippen molar-refractivity contribution in [2.75, 3.05) is 5.32 Å². The van der Waals surface area contributed by atoms with E-state index in [-0.39, 0.29) is 34.7 Å². The van der Waals surface area contributed by atoms with Crippen molar-refractivity contribution in [3.8, 4) is 0 Å². The Morgan fingerprint density at radius 1 is 0.931 bits per heavy atom. The number of nitrogens with one attached hydrogen (secondary N) is 1. The molecule has 1 N–H and O–H groups in total. The molecule has 1 amide bonds. The molecule has 0 aliphatic rings. The van der Waals surface area contributed by atoms with Crippen LogP contribution >= 0.6 is 0 Å². The molecule has 0 bridgehead atoms. The number of nitro groups is 2. The molecular formula is C19H14N4O6. The molecular weight excluding hydrogens is 380 g/mol. The van der Waals surface area contributed by atoms with Crippen molar-refractivity contribution in [2.45, 2.75) is 6.54 Å². The number of carbonyl (C=O) groups excluding carboxylic acids is 1. The third-order valence-corrected chi connectivity index (χ3v) is 4.09. The van der Waals surface area contributed by atoms with Crippen LogP contribution in [0.15, 0.2) is 71.7 Å². The van der Waals surface area contributed by atoms with Gasteiger partial charge in [0.25, 0.3) is 22.8 Å². The highest BCUT2D eigenvalue weighted by molar-refractivity contribution is 6.05. The van der Waals surface area contributed by atoms with Gasteiger partial charge in [0.15, 0.2) is 0 Å². The van der Waals surface area contributed by atoms with Gasteiger partial charge in [-0.2, -0.15) is 0 Å². The van der Waals surface area contributed by atoms with E-state index in [9.17, 15) is 29.8 Å². The summed E-state index contributed by atoms with van der Waals surface area (Å²) in [5, 5.41) is 24.3. The van der Waals surface area contributed by atoms with Gasteiger partial charge in [-0.15, -0.1) is 0 Å². The smallest absolute Gasteiger partial charge is 0.292 e. The average molecular weight is 394 g/mol. The van der Waals surface area contributed by atoms with Gasteiger partial charge in [0.05, 0.1) is 22.0 Å². The summed E-state index contributed by atoms with van der Waals surface area (Å²) >= 11 is 0. The number of hydrogen-bond donors (Lipinski definition) is 1. The zero-order valence-electron chi connectivity index (χ0n) is 14.8. The molecule has 1 aromatic heterocycles. The normalized spacial score (nSPS) is 10.3. The largest absolute Gasteiger partial charge is 0.316 e. The zero-order chi connectivity index (χ0) is 21.0. The predicted octanol–water partition coefficient (Wildman–Crippen LogP) is 2.97. The highest BCUT2D eigenvalue weighted by Crippen LogP contribution is 2.23. The lowest BCUT2D eigenvalue weighted by atomic mass is 10.2. The number of aromatic nitrogens is 1. The van der Waals surface area contributed by atoms with Crippen molar-refractivity contribution in [1.82, 2.24) is 4.57 Å². The first kappa shape index (κ1) is 19.4. The molecule has 0 spiro atoms. The van der Waals surface area contributed by atoms with Crippen LogP contribution in [0.3, 0.4) is 0 Å². The van der Waals surface area contributed by atoms with Crippen LogP contribution in [0.25, 0.3) is 0 Å². The van der Waals surface area contributed by atoms with E-state index in [2.05, 4.69) is 5.32 Å². The van der Waals surface area contributed by atoms with E-state index in [4.69, 9.17) is 0 Å². The molecule has 0 fully saturated rings. The first-order valence-corrected chi connectivity index (χ1v) is 8.34. The van der Waals surface area contributed by atoms with Gasteiger partial charge in [-0.3, -0.25) is 29.8 Å². The minimum absolute atomic E-state index is 0.0376. The summed E-state index contributed by atoms with van der Waals surface area (Å²) in [4.78, 5) is 45.3. The van der Waals surface area contributed by atoms with Gasteiger partial charge in [0.1, 0.15) is 5.69 Å². The molecule has 0 atom stereocenters. The van der Waals surface area contributed by atoms with E-state index in [0.29, 0.717) is 5.56 Å². The van der Waals surface area contributed by atoms with Gasteiger partial charge < -0.3 is 9.88 Å². The number of rotatable bonds is 6. The summed E-state index contributed by atoms with van der Waals surface area (Å²) in [5.41, 5.74) is 0.110. The number of amides is 1. The van der Waals surface area contributed by atoms with Crippen molar-refractivity contribution in [3.05, 3.63) is 109 Å². The van der Waals surface area contributed by atoms with E-state index >= 15 is 0 Å². The van der Waals surface area contributed by atoms with Gasteiger partial charge in [-0.05, 0) is 17.7 Å². The van der Waals surface area contributed by atoms with E-state index in [1.54, 1.807) is 6.07 Å². The molecule has 0 aliphatic carbocycles. The number of pyridine rings is 1. The fourth-order valence-corrected chi connectivity index (χ4v) is 2.64. The molecule has 0 aliphatic heterocycles. The maximum atomic E-state index is 12.5. The molecule has 0 saturated heterocycles. The second kappa shape index (κ2) is 8.13. The predicted molar refractivity (Wildman–Crippen MR) is 104 cm³/mol. The highest BCUT2D eigenvalue weighted by Gasteiger charge is 2.16. The summed E-state index contributed by atoms with van der Waals surface area (Å²) in [6.45, 7) is 0.101. The number of para-hydroxylation sites is 2. The Hall–Kier alpha value is -4.34. The second-order valence-corrected chi connectivity index (χ2v) is 6.04. The Morgan fingerprint density at radius 3 is 2.28 bits per heavy atom. The van der Waals surface area contributed by atoms with Crippen LogP contribution < -0.4 is 10.9 Å². The van der Waals surface area contributed by atoms with Crippen LogP contribution in [0.4, 0.5) is 17.1 Å². The minimum Gasteiger partial charge on any atom is -0.316 e. The average Bonchev–Trinajstić information content (AvgIpc) is 2.70. The molecule has 146 valence electrons. The van der Waals surface area contributed by atoms with E-state index in [0.717, 1.165) is 0 Å². The van der Waals surface area contributed by atoms with Crippen molar-refractivity contribution >= 4 is 23.0 Å². The maximum absolute atomic E-state index is 12.5. The number of anilines is 1. The third-order valence-electron chi connectivity index (χ3n) is 4.09. The number of hydrogen-bond acceptors (Lipinski definition) is 6. The van der Waals surface area contributed by atoms with Crippen molar-refractivity contribution in [1.29, 1.82) is 0 Å². The Balaban J connectivity index is 1.83. The van der Waals surface area contributed by atoms with Crippen LogP contribution in [0.2, 0.25) is 0 Å². The van der Waals surface area contributed by atoms with E-state index < -0.39 is 15.8 Å². The van der Waals surface area contributed by atoms with Gasteiger partial charge >= 0.3 is 0 Å². The second-order valence-electron chi connectivity index (χ2n) is 6.04. The first-order chi connectivity index (χ1) is 13.8. The standard InChI is InChI=1S/C19H14N4O6/c24-18-10-7-14(19(25)20-16-3-1-2-4-17(16)23(28)29)12-21(18)11-13-5-8-15(9-6-13)22(26)27/h1-10,12H,11H2,(H,20,25). The molecule has 0 saturated carbocycles. The maximum Gasteiger partial charge on any atom is 0.292 e. The van der Waals surface area contributed by atoms with Gasteiger partial charge in [-0.1, -0.05) is 24.3 Å². The van der Waals surface area contributed by atoms with Crippen molar-refractivity contribution in [2.24, 2.45) is 0 Å². The fraction of sp³-hybridized carbons (Fsp3) is 0.0526. The number of benzene rings is 2. The lowest BCUT2D eigenvalue weighted by molar-refractivity contribution is -0.384. The molecule has 1 heterocycles. The summed E-state index contributed by atoms with van der Waals surface area (Å²) in [6.07, 6.45) is 1.33. The van der Waals surface area contributed by atoms with E-state index in [1.807, 2.05) is 0 Å². The minimum atomic E-state index is -0.614. The van der Waals surface area contributed by atoms with E-state index in [1.165, 1.54) is 65.4 Å². The number of non-ortho nitro benzene ring substituents is 1. The SMILES string of the molecule is O=C(Nc1ccccc1[N+](=O)[O-])c1ccc(=O)n(Cc2ccc([N+](=O)[O-])cc2)c1. The Kier molecular flexibility index (Phi) is 5.44. The third kappa shape index (κ3) is 4.50. The topological polar surface area (TPSA) is 137 Å². The summed E-state index contributed by atoms with van der Waals surface area (Å²) < 4.78 is 1.27. The molecule has 2 aromatic carbocycles. The Morgan fingerprint density at radius 2 is 1.62 bits per heavy atom. The van der Waals surface area contributed by atoms with Crippen molar-refractivity contribution in [3.63, 3.8) is 0 Å². The van der Waals surface area contributed by atoms with Crippen LogP contribution in [0.1, 0.15) is 15.9 Å². The van der Waals surface area contributed by atoms with Crippen molar-refractivity contribution < 1.29 is 14.6 Å². The summed E-state index contributed by atoms with van der Waals surface area (Å²) in [5.74, 6) is -0.614. The van der Waals surface area contributed by atoms with Crippen LogP contribution in [-0.4, -0.2) is 20.3 Å². The molecule has 29 heavy (non-hydrogen) atoms. The summed E-state index contributed by atoms with van der Waals surface area (Å²) in [6, 6.07) is 13.9. The Labute approximate surface area is 163 Å². The monoisotopic (exact) mass is 394 g/mol. The van der Waals surface area contributed by atoms with Gasteiger partial charge in [0.2, 0.25) is 0 Å². The Bertz CT molecular complexity index is 1150. The number of nitrogens with zero attached hydrogens (tertiary/aromatic N) is 3. The van der Waals surface area contributed by atoms with Crippen LogP contribution in [-0.2, 0) is 6.54 Å². The highest BCUT2D eigenvalue weighted by atomic mass is 16.6. The number of carbonyl (C=O) groups is 1. The lowest BCUT2D eigenvalue weighted by Crippen LogP contribution is -2.22. The molecule has 3 aromatic rings. The fourth-order valence-electron chi connectivity index (χ4n) is 2.64. The molecule has 3 rings (SSSR count). The first-order valence-electron chi connectivity index (χ1n) is 8.34. The van der Waals surface area contributed by atoms with Gasteiger partial charge in [0, 0.05) is 30.5 Å².